The molecule has 0 radical (unpaired) electrons. The molecule has 7 nitrogen and oxygen atoms in total. The summed E-state index contributed by atoms with van der Waals surface area (Å²) in [6.45, 7) is 2.46. The second kappa shape index (κ2) is 6.06. The largest absolute Gasteiger partial charge is 0.353 e. The number of nitrogens with zero attached hydrogens (tertiary/aromatic N) is 3. The Labute approximate surface area is 129 Å². The monoisotopic (exact) mass is 306 g/mol. The number of aryl methyl sites for hydroxylation is 1. The minimum atomic E-state index is -0.485. The average molecular weight is 306 g/mol. The third-order valence-electron chi connectivity index (χ3n) is 5.22. The van der Waals surface area contributed by atoms with Gasteiger partial charge in [0.15, 0.2) is 0 Å². The second-order valence-corrected chi connectivity index (χ2v) is 6.66. The molecule has 0 unspecified atom stereocenters. The summed E-state index contributed by atoms with van der Waals surface area (Å²) in [6, 6.07) is 0.217. The minimum Gasteiger partial charge on any atom is -0.353 e. The maximum absolute atomic E-state index is 12.0. The van der Waals surface area contributed by atoms with Crippen LogP contribution in [0.4, 0.5) is 5.69 Å². The lowest BCUT2D eigenvalue weighted by atomic mass is 9.84. The molecule has 2 fully saturated rings. The van der Waals surface area contributed by atoms with Gasteiger partial charge in [0.05, 0.1) is 4.92 Å². The fourth-order valence-electron chi connectivity index (χ4n) is 4.12. The molecule has 0 saturated heterocycles. The Bertz CT molecular complexity index is 571. The number of nitrogens with one attached hydrogen (secondary N) is 1. The van der Waals surface area contributed by atoms with Gasteiger partial charge in [-0.15, -0.1) is 0 Å². The molecule has 1 aromatic heterocycles. The topological polar surface area (TPSA) is 90.1 Å². The van der Waals surface area contributed by atoms with Crippen LogP contribution in [0, 0.1) is 27.9 Å². The number of carbonyl (C=O) groups is 1. The molecule has 0 spiro atoms. The first-order valence-electron chi connectivity index (χ1n) is 7.99. The van der Waals surface area contributed by atoms with Crippen LogP contribution in [-0.4, -0.2) is 26.7 Å². The molecule has 2 aliphatic carbocycles. The highest BCUT2D eigenvalue weighted by Gasteiger charge is 2.42. The van der Waals surface area contributed by atoms with Gasteiger partial charge in [0.2, 0.25) is 5.91 Å². The maximum Gasteiger partial charge on any atom is 0.306 e. The minimum absolute atomic E-state index is 0.00609. The van der Waals surface area contributed by atoms with Gasteiger partial charge in [-0.1, -0.05) is 6.42 Å². The molecular weight excluding hydrogens is 284 g/mol. The van der Waals surface area contributed by atoms with Gasteiger partial charge in [0.25, 0.3) is 0 Å². The van der Waals surface area contributed by atoms with Crippen molar-refractivity contribution in [2.75, 3.05) is 0 Å². The van der Waals surface area contributed by atoms with Crippen molar-refractivity contribution >= 4 is 11.6 Å². The predicted molar refractivity (Wildman–Crippen MR) is 80.0 cm³/mol. The van der Waals surface area contributed by atoms with E-state index in [2.05, 4.69) is 17.3 Å². The molecule has 4 atom stereocenters. The van der Waals surface area contributed by atoms with Crippen molar-refractivity contribution in [1.29, 1.82) is 0 Å². The van der Waals surface area contributed by atoms with Crippen molar-refractivity contribution in [3.8, 4) is 0 Å². The molecule has 0 aromatic carbocycles. The Balaban J connectivity index is 1.45. The van der Waals surface area contributed by atoms with Crippen molar-refractivity contribution in [3.05, 3.63) is 22.5 Å². The van der Waals surface area contributed by atoms with E-state index in [9.17, 15) is 14.9 Å². The van der Waals surface area contributed by atoms with Gasteiger partial charge in [-0.25, -0.2) is 0 Å². The van der Waals surface area contributed by atoms with Gasteiger partial charge in [0, 0.05) is 19.0 Å². The van der Waals surface area contributed by atoms with Gasteiger partial charge in [0.1, 0.15) is 12.4 Å². The molecule has 3 rings (SSSR count). The molecule has 22 heavy (non-hydrogen) atoms. The van der Waals surface area contributed by atoms with E-state index in [0.717, 1.165) is 11.8 Å². The number of rotatable bonds is 6. The lowest BCUT2D eigenvalue weighted by Gasteiger charge is -2.28. The van der Waals surface area contributed by atoms with Crippen LogP contribution in [-0.2, 0) is 11.3 Å². The highest BCUT2D eigenvalue weighted by molar-refractivity contribution is 5.76. The van der Waals surface area contributed by atoms with E-state index in [4.69, 9.17) is 0 Å². The summed E-state index contributed by atoms with van der Waals surface area (Å²) >= 11 is 0. The highest BCUT2D eigenvalue weighted by atomic mass is 16.6. The van der Waals surface area contributed by atoms with E-state index in [1.807, 2.05) is 0 Å². The van der Waals surface area contributed by atoms with E-state index in [0.29, 0.717) is 18.9 Å². The van der Waals surface area contributed by atoms with Gasteiger partial charge in [-0.2, -0.15) is 5.10 Å². The molecule has 120 valence electrons. The van der Waals surface area contributed by atoms with Crippen LogP contribution in [0.5, 0.6) is 0 Å². The molecule has 7 heteroatoms. The van der Waals surface area contributed by atoms with E-state index >= 15 is 0 Å². The molecule has 2 aliphatic rings. The summed E-state index contributed by atoms with van der Waals surface area (Å²) in [6.07, 6.45) is 8.11. The van der Waals surface area contributed by atoms with Crippen LogP contribution in [0.2, 0.25) is 0 Å². The molecule has 1 aromatic rings. The summed E-state index contributed by atoms with van der Waals surface area (Å²) in [5.74, 6) is 2.27. The fourth-order valence-corrected chi connectivity index (χ4v) is 4.12. The zero-order chi connectivity index (χ0) is 15.7. The highest BCUT2D eigenvalue weighted by Crippen LogP contribution is 2.49. The molecular formula is C15H22N4O3. The molecule has 2 bridgehead atoms. The number of hydrogen-bond donors (Lipinski definition) is 1. The summed E-state index contributed by atoms with van der Waals surface area (Å²) < 4.78 is 1.44. The average Bonchev–Trinajstić information content (AvgIpc) is 3.20. The SMILES string of the molecule is C[C@H](NC(=O)CCn1cc([N+](=O)[O-])cn1)[C@H]1C[C@H]2CC[C@H]1C2. The van der Waals surface area contributed by atoms with E-state index in [1.54, 1.807) is 0 Å². The number of fused-ring (bicyclic) bond motifs is 2. The van der Waals surface area contributed by atoms with Crippen molar-refractivity contribution < 1.29 is 9.72 Å². The summed E-state index contributed by atoms with van der Waals surface area (Å²) in [4.78, 5) is 22.1. The van der Waals surface area contributed by atoms with E-state index < -0.39 is 4.92 Å². The van der Waals surface area contributed by atoms with Gasteiger partial charge in [-0.3, -0.25) is 19.6 Å². The van der Waals surface area contributed by atoms with Crippen LogP contribution >= 0.6 is 0 Å². The molecule has 1 amide bonds. The number of hydrogen-bond acceptors (Lipinski definition) is 4. The Morgan fingerprint density at radius 1 is 1.55 bits per heavy atom. The number of carbonyl (C=O) groups excluding carboxylic acids is 1. The predicted octanol–water partition coefficient (Wildman–Crippen LogP) is 2.12. The third kappa shape index (κ3) is 3.13. The third-order valence-corrected chi connectivity index (χ3v) is 5.22. The van der Waals surface area contributed by atoms with Gasteiger partial charge in [-0.05, 0) is 43.9 Å². The molecule has 1 N–H and O–H groups in total. The van der Waals surface area contributed by atoms with Gasteiger partial charge >= 0.3 is 5.69 Å². The van der Waals surface area contributed by atoms with Crippen molar-refractivity contribution in [3.63, 3.8) is 0 Å². The van der Waals surface area contributed by atoms with Crippen LogP contribution in [0.15, 0.2) is 12.4 Å². The number of aromatic nitrogens is 2. The lowest BCUT2D eigenvalue weighted by Crippen LogP contribution is -2.40. The quantitative estimate of drug-likeness (QED) is 0.644. The number of amides is 1. The van der Waals surface area contributed by atoms with Crippen molar-refractivity contribution in [1.82, 2.24) is 15.1 Å². The van der Waals surface area contributed by atoms with Gasteiger partial charge < -0.3 is 5.32 Å². The van der Waals surface area contributed by atoms with Crippen LogP contribution in [0.1, 0.15) is 39.0 Å². The van der Waals surface area contributed by atoms with E-state index in [1.165, 1.54) is 42.8 Å². The smallest absolute Gasteiger partial charge is 0.306 e. The molecule has 1 heterocycles. The normalized spacial score (nSPS) is 27.8. The first-order chi connectivity index (χ1) is 10.5. The standard InChI is InChI=1S/C15H22N4O3/c1-10(14-7-11-2-3-12(14)6-11)17-15(20)4-5-18-9-13(8-16-18)19(21)22/h8-12,14H,2-7H2,1H3,(H,17,20)/t10-,11-,12-,14+/m0/s1. The van der Waals surface area contributed by atoms with Crippen LogP contribution in [0.25, 0.3) is 0 Å². The summed E-state index contributed by atoms with van der Waals surface area (Å²) in [5.41, 5.74) is -0.0456. The second-order valence-electron chi connectivity index (χ2n) is 6.66. The Morgan fingerprint density at radius 3 is 2.95 bits per heavy atom. The molecule has 0 aliphatic heterocycles. The first-order valence-corrected chi connectivity index (χ1v) is 7.99. The van der Waals surface area contributed by atoms with Crippen molar-refractivity contribution in [2.24, 2.45) is 17.8 Å². The molecule has 2 saturated carbocycles. The summed E-state index contributed by atoms with van der Waals surface area (Å²) in [7, 11) is 0. The lowest BCUT2D eigenvalue weighted by molar-refractivity contribution is -0.385. The Morgan fingerprint density at radius 2 is 2.36 bits per heavy atom. The fraction of sp³-hybridized carbons (Fsp3) is 0.733. The Hall–Kier alpha value is -1.92. The number of nitro groups is 1. The first kappa shape index (κ1) is 15.0. The van der Waals surface area contributed by atoms with Crippen LogP contribution in [0.3, 0.4) is 0 Å². The summed E-state index contributed by atoms with van der Waals surface area (Å²) in [5, 5.41) is 17.6. The zero-order valence-electron chi connectivity index (χ0n) is 12.8. The van der Waals surface area contributed by atoms with Crippen LogP contribution < -0.4 is 5.32 Å². The Kier molecular flexibility index (Phi) is 4.13. The maximum atomic E-state index is 12.0. The van der Waals surface area contributed by atoms with Crippen molar-refractivity contribution in [2.45, 2.75) is 51.6 Å². The zero-order valence-corrected chi connectivity index (χ0v) is 12.8. The van der Waals surface area contributed by atoms with E-state index in [-0.39, 0.29) is 17.6 Å².